The zero-order chi connectivity index (χ0) is 8.81. The number of aromatic nitrogens is 2. The van der Waals surface area contributed by atoms with Gasteiger partial charge >= 0.3 is 0 Å². The second kappa shape index (κ2) is 4.83. The van der Waals surface area contributed by atoms with Gasteiger partial charge in [0.2, 0.25) is 0 Å². The summed E-state index contributed by atoms with van der Waals surface area (Å²) < 4.78 is 1.84. The van der Waals surface area contributed by atoms with Crippen LogP contribution in [0.15, 0.2) is 36.0 Å². The topological polar surface area (TPSA) is 17.8 Å². The molecule has 0 unspecified atom stereocenters. The molecule has 0 saturated carbocycles. The summed E-state index contributed by atoms with van der Waals surface area (Å²) >= 11 is 1.68. The summed E-state index contributed by atoms with van der Waals surface area (Å²) in [5, 5.41) is 6.17. The van der Waals surface area contributed by atoms with E-state index in [4.69, 9.17) is 0 Å². The molecular weight excluding hydrogens is 168 g/mol. The fourth-order valence-electron chi connectivity index (χ4n) is 0.864. The van der Waals surface area contributed by atoms with Gasteiger partial charge in [0.25, 0.3) is 0 Å². The molecule has 0 saturated heterocycles. The summed E-state index contributed by atoms with van der Waals surface area (Å²) in [6.07, 6.45) is 9.81. The third kappa shape index (κ3) is 2.27. The lowest BCUT2D eigenvalue weighted by atomic mass is 10.4. The molecule has 1 aromatic heterocycles. The number of hydrogen-bond donors (Lipinski definition) is 0. The summed E-state index contributed by atoms with van der Waals surface area (Å²) in [6, 6.07) is 1.91. The maximum Gasteiger partial charge on any atom is 0.0608 e. The molecular formula is C9H12N2S. The number of rotatable bonds is 3. The molecule has 12 heavy (non-hydrogen) atoms. The molecule has 0 fully saturated rings. The molecule has 0 radical (unpaired) electrons. The highest BCUT2D eigenvalue weighted by atomic mass is 32.2. The van der Waals surface area contributed by atoms with E-state index >= 15 is 0 Å². The molecule has 0 amide bonds. The fourth-order valence-corrected chi connectivity index (χ4v) is 1.14. The molecule has 1 rings (SSSR count). The normalized spacial score (nSPS) is 12.7. The summed E-state index contributed by atoms with van der Waals surface area (Å²) in [6.45, 7) is 2.00. The van der Waals surface area contributed by atoms with Crippen LogP contribution in [0.2, 0.25) is 0 Å². The van der Waals surface area contributed by atoms with Gasteiger partial charge in [-0.15, -0.1) is 11.8 Å². The first kappa shape index (κ1) is 9.13. The Balaban J connectivity index is 2.78. The summed E-state index contributed by atoms with van der Waals surface area (Å²) in [5.41, 5.74) is 1.09. The van der Waals surface area contributed by atoms with E-state index in [1.807, 2.05) is 47.7 Å². The van der Waals surface area contributed by atoms with Crippen LogP contribution in [0.25, 0.3) is 5.70 Å². The highest BCUT2D eigenvalue weighted by Crippen LogP contribution is 2.06. The fraction of sp³-hybridized carbons (Fsp3) is 0.222. The van der Waals surface area contributed by atoms with E-state index in [2.05, 4.69) is 5.10 Å². The Hall–Kier alpha value is -0.960. The number of hydrogen-bond acceptors (Lipinski definition) is 2. The van der Waals surface area contributed by atoms with Crippen molar-refractivity contribution in [1.82, 2.24) is 9.78 Å². The number of nitrogens with zero attached hydrogens (tertiary/aromatic N) is 2. The van der Waals surface area contributed by atoms with E-state index in [0.29, 0.717) is 0 Å². The van der Waals surface area contributed by atoms with Crippen molar-refractivity contribution >= 4 is 17.5 Å². The first-order valence-electron chi connectivity index (χ1n) is 3.74. The van der Waals surface area contributed by atoms with E-state index in [1.165, 1.54) is 0 Å². The van der Waals surface area contributed by atoms with Crippen molar-refractivity contribution in [1.29, 1.82) is 0 Å². The van der Waals surface area contributed by atoms with Crippen molar-refractivity contribution in [3.05, 3.63) is 36.0 Å². The maximum absolute atomic E-state index is 4.13. The average molecular weight is 180 g/mol. The molecule has 0 N–H and O–H groups in total. The number of thioether (sulfide) groups is 1. The van der Waals surface area contributed by atoms with Gasteiger partial charge in [0.15, 0.2) is 0 Å². The Morgan fingerprint density at radius 2 is 2.42 bits per heavy atom. The minimum atomic E-state index is 1.09. The van der Waals surface area contributed by atoms with Gasteiger partial charge in [0.05, 0.1) is 5.70 Å². The molecule has 3 heteroatoms. The van der Waals surface area contributed by atoms with Gasteiger partial charge in [-0.05, 0) is 30.7 Å². The molecule has 64 valence electrons. The molecule has 1 heterocycles. The minimum Gasteiger partial charge on any atom is -0.241 e. The summed E-state index contributed by atoms with van der Waals surface area (Å²) in [5.74, 6) is 0. The Bertz CT molecular complexity index is 273. The van der Waals surface area contributed by atoms with E-state index in [9.17, 15) is 0 Å². The standard InChI is InChI=1S/C9H12N2S/c1-3-9(5-8-12-2)11-7-4-6-10-11/h3-8H,1-2H3/b8-5-,9-3+. The Morgan fingerprint density at radius 1 is 1.58 bits per heavy atom. The smallest absolute Gasteiger partial charge is 0.0608 e. The second-order valence-corrected chi connectivity index (χ2v) is 2.95. The van der Waals surface area contributed by atoms with Crippen LogP contribution in [0.3, 0.4) is 0 Å². The van der Waals surface area contributed by atoms with Gasteiger partial charge in [0, 0.05) is 12.4 Å². The largest absolute Gasteiger partial charge is 0.241 e. The molecule has 0 aromatic carbocycles. The number of allylic oxidation sites excluding steroid dienone is 3. The highest BCUT2D eigenvalue weighted by molar-refractivity contribution is 8.01. The van der Waals surface area contributed by atoms with Crippen molar-refractivity contribution in [2.24, 2.45) is 0 Å². The van der Waals surface area contributed by atoms with Crippen molar-refractivity contribution in [3.63, 3.8) is 0 Å². The van der Waals surface area contributed by atoms with E-state index in [0.717, 1.165) is 5.70 Å². The Labute approximate surface area is 77.0 Å². The van der Waals surface area contributed by atoms with Crippen LogP contribution in [-0.2, 0) is 0 Å². The zero-order valence-electron chi connectivity index (χ0n) is 7.27. The third-order valence-corrected chi connectivity index (χ3v) is 1.85. The molecule has 1 aromatic rings. The van der Waals surface area contributed by atoms with Crippen LogP contribution in [0.5, 0.6) is 0 Å². The van der Waals surface area contributed by atoms with Crippen molar-refractivity contribution in [2.75, 3.05) is 6.26 Å². The summed E-state index contributed by atoms with van der Waals surface area (Å²) in [4.78, 5) is 0. The zero-order valence-corrected chi connectivity index (χ0v) is 8.08. The third-order valence-electron chi connectivity index (χ3n) is 1.44. The van der Waals surface area contributed by atoms with Crippen LogP contribution in [0.1, 0.15) is 6.92 Å². The molecule has 0 aliphatic heterocycles. The molecule has 2 nitrogen and oxygen atoms in total. The van der Waals surface area contributed by atoms with Gasteiger partial charge in [-0.1, -0.05) is 6.08 Å². The van der Waals surface area contributed by atoms with Gasteiger partial charge < -0.3 is 0 Å². The minimum absolute atomic E-state index is 1.09. The first-order chi connectivity index (χ1) is 5.88. The van der Waals surface area contributed by atoms with Gasteiger partial charge in [-0.25, -0.2) is 4.68 Å². The molecule has 0 spiro atoms. The first-order valence-corrected chi connectivity index (χ1v) is 5.03. The molecule has 0 bridgehead atoms. The van der Waals surface area contributed by atoms with Crippen LogP contribution in [0, 0.1) is 0 Å². The quantitative estimate of drug-likeness (QED) is 0.665. The summed E-state index contributed by atoms with van der Waals surface area (Å²) in [7, 11) is 0. The van der Waals surface area contributed by atoms with Gasteiger partial charge in [-0.2, -0.15) is 5.10 Å². The van der Waals surface area contributed by atoms with Crippen LogP contribution >= 0.6 is 11.8 Å². The SMILES string of the molecule is C/C=C(\C=C/SC)n1cccn1. The van der Waals surface area contributed by atoms with E-state index < -0.39 is 0 Å². The van der Waals surface area contributed by atoms with E-state index in [-0.39, 0.29) is 0 Å². The molecule has 0 aliphatic rings. The molecule has 0 atom stereocenters. The van der Waals surface area contributed by atoms with Crippen LogP contribution in [-0.4, -0.2) is 16.0 Å². The predicted octanol–water partition coefficient (Wildman–Crippen LogP) is 2.62. The van der Waals surface area contributed by atoms with Crippen molar-refractivity contribution in [2.45, 2.75) is 6.92 Å². The Kier molecular flexibility index (Phi) is 3.67. The lowest BCUT2D eigenvalue weighted by Gasteiger charge is -1.99. The van der Waals surface area contributed by atoms with Crippen molar-refractivity contribution in [3.8, 4) is 0 Å². The maximum atomic E-state index is 4.13. The van der Waals surface area contributed by atoms with Crippen LogP contribution < -0.4 is 0 Å². The lowest BCUT2D eigenvalue weighted by Crippen LogP contribution is -1.93. The second-order valence-electron chi connectivity index (χ2n) is 2.20. The Morgan fingerprint density at radius 3 is 2.92 bits per heavy atom. The molecule has 0 aliphatic carbocycles. The average Bonchev–Trinajstić information content (AvgIpc) is 2.59. The predicted molar refractivity (Wildman–Crippen MR) is 54.8 cm³/mol. The van der Waals surface area contributed by atoms with E-state index in [1.54, 1.807) is 18.0 Å². The van der Waals surface area contributed by atoms with Crippen LogP contribution in [0.4, 0.5) is 0 Å². The van der Waals surface area contributed by atoms with Gasteiger partial charge in [0.1, 0.15) is 0 Å². The highest BCUT2D eigenvalue weighted by Gasteiger charge is 1.91. The monoisotopic (exact) mass is 180 g/mol. The lowest BCUT2D eigenvalue weighted by molar-refractivity contribution is 0.909. The van der Waals surface area contributed by atoms with Crippen molar-refractivity contribution < 1.29 is 0 Å². The van der Waals surface area contributed by atoms with Gasteiger partial charge in [-0.3, -0.25) is 0 Å².